The van der Waals surface area contributed by atoms with Crippen molar-refractivity contribution in [1.82, 2.24) is 5.32 Å². The second-order valence-corrected chi connectivity index (χ2v) is 10.6. The van der Waals surface area contributed by atoms with Crippen LogP contribution < -0.4 is 11.1 Å². The number of benzene rings is 3. The summed E-state index contributed by atoms with van der Waals surface area (Å²) in [4.78, 5) is 36.6. The van der Waals surface area contributed by atoms with Gasteiger partial charge in [-0.3, -0.25) is 14.4 Å². The maximum atomic E-state index is 12.4. The first-order valence-corrected chi connectivity index (χ1v) is 14.7. The first-order valence-electron chi connectivity index (χ1n) is 14.7. The molecular weight excluding hydrogens is 516 g/mol. The van der Waals surface area contributed by atoms with Crippen LogP contribution >= 0.6 is 0 Å². The number of hydrogen-bond donors (Lipinski definition) is 2. The van der Waals surface area contributed by atoms with E-state index in [0.717, 1.165) is 37.7 Å². The predicted molar refractivity (Wildman–Crippen MR) is 158 cm³/mol. The second-order valence-electron chi connectivity index (χ2n) is 10.6. The van der Waals surface area contributed by atoms with E-state index in [0.29, 0.717) is 26.0 Å². The molecule has 0 spiro atoms. The highest BCUT2D eigenvalue weighted by molar-refractivity contribution is 5.81. The Morgan fingerprint density at radius 1 is 0.707 bits per heavy atom. The lowest BCUT2D eigenvalue weighted by atomic mass is 9.98. The van der Waals surface area contributed by atoms with Crippen LogP contribution in [0.1, 0.15) is 74.0 Å². The molecular formula is C34H41N2O5+. The lowest BCUT2D eigenvalue weighted by Crippen LogP contribution is -2.67. The number of esters is 2. The van der Waals surface area contributed by atoms with Crippen molar-refractivity contribution < 1.29 is 29.6 Å². The van der Waals surface area contributed by atoms with Gasteiger partial charge in [-0.15, -0.1) is 0 Å². The van der Waals surface area contributed by atoms with Gasteiger partial charge in [0.05, 0.1) is 6.42 Å². The van der Waals surface area contributed by atoms with Gasteiger partial charge in [-0.25, -0.2) is 0 Å². The van der Waals surface area contributed by atoms with Crippen LogP contribution in [0.15, 0.2) is 78.9 Å². The van der Waals surface area contributed by atoms with E-state index >= 15 is 0 Å². The number of carbonyl (C=O) groups excluding carboxylic acids is 3. The maximum absolute atomic E-state index is 12.4. The zero-order valence-electron chi connectivity index (χ0n) is 23.7. The number of fused-ring (bicyclic) bond motifs is 3. The van der Waals surface area contributed by atoms with Crippen molar-refractivity contribution in [3.63, 3.8) is 0 Å². The zero-order valence-corrected chi connectivity index (χ0v) is 23.7. The summed E-state index contributed by atoms with van der Waals surface area (Å²) in [7, 11) is 0. The number of carbonyl (C=O) groups is 3. The minimum Gasteiger partial charge on any atom is -0.465 e. The van der Waals surface area contributed by atoms with Crippen LogP contribution in [0, 0.1) is 0 Å². The molecule has 0 saturated heterocycles. The average molecular weight is 558 g/mol. The van der Waals surface area contributed by atoms with Gasteiger partial charge < -0.3 is 20.5 Å². The first-order chi connectivity index (χ1) is 20.0. The molecule has 0 aromatic heterocycles. The standard InChI is InChI=1S/C34H40N2O5/c35-31(20-21-33(38)40-23-25-13-5-4-6-14-25)34(39)36-22-12-3-1-2-7-19-32(37)41-24-30-28-17-10-8-15-26(28)27-16-9-11-18-29(27)30/h4-6,8-11,13-18,30-31H,1-3,7,12,19-24,35H2,(H,36,39)/p+1/t31-/m0/s1. The van der Waals surface area contributed by atoms with Crippen LogP contribution in [0.4, 0.5) is 0 Å². The summed E-state index contributed by atoms with van der Waals surface area (Å²) < 4.78 is 10.9. The Hall–Kier alpha value is -3.97. The second kappa shape index (κ2) is 15.7. The summed E-state index contributed by atoms with van der Waals surface area (Å²) in [6.45, 7) is 1.18. The number of rotatable bonds is 16. The number of hydrogen-bond acceptors (Lipinski definition) is 5. The molecule has 4 rings (SSSR count). The summed E-state index contributed by atoms with van der Waals surface area (Å²) in [5.41, 5.74) is 9.71. The molecule has 0 bridgehead atoms. The van der Waals surface area contributed by atoms with E-state index in [1.54, 1.807) is 0 Å². The maximum Gasteiger partial charge on any atom is 0.306 e. The lowest BCUT2D eigenvalue weighted by molar-refractivity contribution is -0.405. The minimum absolute atomic E-state index is 0.0907. The first kappa shape index (κ1) is 30.0. The van der Waals surface area contributed by atoms with Crippen LogP contribution in [0.3, 0.4) is 0 Å². The summed E-state index contributed by atoms with van der Waals surface area (Å²) in [6, 6.07) is 25.7. The van der Waals surface area contributed by atoms with Gasteiger partial charge in [0.1, 0.15) is 13.2 Å². The molecule has 3 aromatic carbocycles. The fourth-order valence-electron chi connectivity index (χ4n) is 5.20. The molecule has 1 atom stereocenters. The highest BCUT2D eigenvalue weighted by Crippen LogP contribution is 2.44. The highest BCUT2D eigenvalue weighted by atomic mass is 16.5. The molecule has 41 heavy (non-hydrogen) atoms. The summed E-state index contributed by atoms with van der Waals surface area (Å²) >= 11 is 0. The lowest BCUT2D eigenvalue weighted by Gasteiger charge is -2.14. The molecule has 216 valence electrons. The zero-order chi connectivity index (χ0) is 28.9. The van der Waals surface area contributed by atoms with Crippen molar-refractivity contribution in [2.45, 2.75) is 69.9 Å². The van der Waals surface area contributed by atoms with E-state index in [1.165, 1.54) is 22.3 Å². The normalized spacial score (nSPS) is 12.7. The Morgan fingerprint density at radius 3 is 2.00 bits per heavy atom. The number of amides is 1. The van der Waals surface area contributed by atoms with Gasteiger partial charge in [-0.05, 0) is 40.7 Å². The Balaban J connectivity index is 1.01. The summed E-state index contributed by atoms with van der Waals surface area (Å²) in [6.07, 6.45) is 5.51. The van der Waals surface area contributed by atoms with Crippen LogP contribution in [-0.2, 0) is 30.5 Å². The third-order valence-corrected chi connectivity index (χ3v) is 7.54. The molecule has 1 aliphatic rings. The Bertz CT molecular complexity index is 1250. The Morgan fingerprint density at radius 2 is 1.29 bits per heavy atom. The van der Waals surface area contributed by atoms with E-state index in [4.69, 9.17) is 9.47 Å². The molecule has 0 heterocycles. The Labute approximate surface area is 242 Å². The number of unbranched alkanes of at least 4 members (excludes halogenated alkanes) is 4. The molecule has 1 amide bonds. The van der Waals surface area contributed by atoms with Crippen molar-refractivity contribution in [3.05, 3.63) is 95.6 Å². The molecule has 0 unspecified atom stereocenters. The molecule has 3 aromatic rings. The number of quaternary nitrogens is 1. The van der Waals surface area contributed by atoms with Crippen molar-refractivity contribution in [1.29, 1.82) is 0 Å². The molecule has 7 nitrogen and oxygen atoms in total. The van der Waals surface area contributed by atoms with Crippen molar-refractivity contribution >= 4 is 17.8 Å². The molecule has 7 heteroatoms. The third kappa shape index (κ3) is 9.02. The Kier molecular flexibility index (Phi) is 11.5. The van der Waals surface area contributed by atoms with Crippen molar-refractivity contribution in [2.75, 3.05) is 13.2 Å². The topological polar surface area (TPSA) is 109 Å². The van der Waals surface area contributed by atoms with Gasteiger partial charge in [0.25, 0.3) is 5.91 Å². The number of nitrogens with one attached hydrogen (secondary N) is 1. The van der Waals surface area contributed by atoms with E-state index < -0.39 is 6.04 Å². The van der Waals surface area contributed by atoms with Gasteiger partial charge in [0, 0.05) is 25.3 Å². The molecule has 0 fully saturated rings. The minimum atomic E-state index is -0.489. The van der Waals surface area contributed by atoms with Crippen LogP contribution in [0.2, 0.25) is 0 Å². The smallest absolute Gasteiger partial charge is 0.306 e. The highest BCUT2D eigenvalue weighted by Gasteiger charge is 2.28. The average Bonchev–Trinajstić information content (AvgIpc) is 3.33. The number of ether oxygens (including phenoxy) is 2. The van der Waals surface area contributed by atoms with Gasteiger partial charge in [0.15, 0.2) is 6.04 Å². The summed E-state index contributed by atoms with van der Waals surface area (Å²) in [5.74, 6) is -0.526. The van der Waals surface area contributed by atoms with E-state index in [-0.39, 0.29) is 36.8 Å². The molecule has 0 radical (unpaired) electrons. The molecule has 4 N–H and O–H groups in total. The van der Waals surface area contributed by atoms with E-state index in [9.17, 15) is 14.4 Å². The molecule has 1 aliphatic carbocycles. The molecule has 0 aliphatic heterocycles. The van der Waals surface area contributed by atoms with Gasteiger partial charge in [0.2, 0.25) is 0 Å². The van der Waals surface area contributed by atoms with E-state index in [1.807, 2.05) is 54.6 Å². The van der Waals surface area contributed by atoms with Gasteiger partial charge >= 0.3 is 11.9 Å². The summed E-state index contributed by atoms with van der Waals surface area (Å²) in [5, 5.41) is 2.90. The fraction of sp³-hybridized carbons (Fsp3) is 0.382. The predicted octanol–water partition coefficient (Wildman–Crippen LogP) is 4.93. The SMILES string of the molecule is [NH3+][C@@H](CCC(=O)OCc1ccccc1)C(=O)NCCCCCCCC(=O)OCC1c2ccccc2-c2ccccc21. The molecule has 0 saturated carbocycles. The largest absolute Gasteiger partial charge is 0.465 e. The van der Waals surface area contributed by atoms with Crippen LogP contribution in [0.5, 0.6) is 0 Å². The van der Waals surface area contributed by atoms with Crippen LogP contribution in [-0.4, -0.2) is 37.0 Å². The third-order valence-electron chi connectivity index (χ3n) is 7.54. The fourth-order valence-corrected chi connectivity index (χ4v) is 5.20. The monoisotopic (exact) mass is 557 g/mol. The van der Waals surface area contributed by atoms with Crippen LogP contribution in [0.25, 0.3) is 11.1 Å². The van der Waals surface area contributed by atoms with Gasteiger partial charge in [-0.1, -0.05) is 98.1 Å². The van der Waals surface area contributed by atoms with E-state index in [2.05, 4.69) is 35.3 Å². The quantitative estimate of drug-likeness (QED) is 0.192. The van der Waals surface area contributed by atoms with Crippen molar-refractivity contribution in [3.8, 4) is 11.1 Å². The van der Waals surface area contributed by atoms with Crippen molar-refractivity contribution in [2.24, 2.45) is 0 Å². The van der Waals surface area contributed by atoms with Gasteiger partial charge in [-0.2, -0.15) is 0 Å².